The zero-order valence-electron chi connectivity index (χ0n) is 12.0. The van der Waals surface area contributed by atoms with Crippen LogP contribution < -0.4 is 0 Å². The van der Waals surface area contributed by atoms with Crippen molar-refractivity contribution in [2.24, 2.45) is 7.05 Å². The largest absolute Gasteiger partial charge is 0.303 e. The Morgan fingerprint density at radius 2 is 2.10 bits per heavy atom. The summed E-state index contributed by atoms with van der Waals surface area (Å²) in [5.74, 6) is 1.58. The maximum Gasteiger partial charge on any atom is 0.195 e. The van der Waals surface area contributed by atoms with Crippen LogP contribution in [0.25, 0.3) is 10.7 Å². The van der Waals surface area contributed by atoms with Gasteiger partial charge in [-0.2, -0.15) is 5.10 Å². The molecule has 1 aliphatic carbocycles. The molecule has 0 amide bonds. The van der Waals surface area contributed by atoms with E-state index in [1.54, 1.807) is 0 Å². The van der Waals surface area contributed by atoms with Gasteiger partial charge in [-0.05, 0) is 31.5 Å². The molecular formula is C14H20N4S2. The van der Waals surface area contributed by atoms with E-state index in [-0.39, 0.29) is 0 Å². The topological polar surface area (TPSA) is 46.5 Å². The summed E-state index contributed by atoms with van der Waals surface area (Å²) < 4.78 is 2.60. The summed E-state index contributed by atoms with van der Waals surface area (Å²) in [4.78, 5) is 6.08. The first-order valence-electron chi connectivity index (χ1n) is 7.32. The molecule has 0 atom stereocenters. The molecule has 1 N–H and O–H groups in total. The molecule has 0 spiro atoms. The van der Waals surface area contributed by atoms with Crippen LogP contribution in [0.4, 0.5) is 0 Å². The molecule has 1 fully saturated rings. The van der Waals surface area contributed by atoms with Crippen molar-refractivity contribution in [1.29, 1.82) is 0 Å². The van der Waals surface area contributed by atoms with E-state index in [1.807, 2.05) is 23.0 Å². The lowest BCUT2D eigenvalue weighted by Crippen LogP contribution is -2.04. The van der Waals surface area contributed by atoms with Crippen LogP contribution in [0, 0.1) is 4.77 Å². The van der Waals surface area contributed by atoms with Gasteiger partial charge in [0, 0.05) is 13.0 Å². The van der Waals surface area contributed by atoms with Gasteiger partial charge in [0.1, 0.15) is 0 Å². The van der Waals surface area contributed by atoms with Crippen molar-refractivity contribution >= 4 is 23.6 Å². The summed E-state index contributed by atoms with van der Waals surface area (Å²) in [6.45, 7) is 2.16. The van der Waals surface area contributed by atoms with E-state index < -0.39 is 0 Å². The molecule has 0 bridgehead atoms. The smallest absolute Gasteiger partial charge is 0.195 e. The van der Waals surface area contributed by atoms with E-state index >= 15 is 0 Å². The van der Waals surface area contributed by atoms with Crippen molar-refractivity contribution < 1.29 is 0 Å². The minimum atomic E-state index is 0.653. The SMILES string of the molecule is CCc1nc(C2CCCCC2)sc1-c1n[nH]c(=S)n1C. The molecule has 4 nitrogen and oxygen atoms in total. The molecule has 0 aromatic carbocycles. The van der Waals surface area contributed by atoms with Crippen molar-refractivity contribution in [3.63, 3.8) is 0 Å². The molecule has 0 aliphatic heterocycles. The van der Waals surface area contributed by atoms with Gasteiger partial charge in [0.05, 0.1) is 15.6 Å². The van der Waals surface area contributed by atoms with Gasteiger partial charge in [-0.15, -0.1) is 11.3 Å². The van der Waals surface area contributed by atoms with Crippen molar-refractivity contribution in [1.82, 2.24) is 19.7 Å². The van der Waals surface area contributed by atoms with Gasteiger partial charge in [0.2, 0.25) is 0 Å². The Kier molecular flexibility index (Phi) is 4.03. The number of aromatic nitrogens is 4. The fourth-order valence-corrected chi connectivity index (χ4v) is 4.34. The first kappa shape index (κ1) is 13.9. The normalized spacial score (nSPS) is 16.7. The van der Waals surface area contributed by atoms with Crippen LogP contribution in [0.5, 0.6) is 0 Å². The van der Waals surface area contributed by atoms with E-state index in [9.17, 15) is 0 Å². The second-order valence-electron chi connectivity index (χ2n) is 5.43. The van der Waals surface area contributed by atoms with Crippen LogP contribution >= 0.6 is 23.6 Å². The molecule has 2 aromatic heterocycles. The van der Waals surface area contributed by atoms with E-state index in [4.69, 9.17) is 17.2 Å². The standard InChI is InChI=1S/C14H20N4S2/c1-3-10-11(12-16-17-14(19)18(12)2)20-13(15-10)9-7-5-4-6-8-9/h9H,3-8H2,1-2H3,(H,17,19). The molecule has 0 unspecified atom stereocenters. The van der Waals surface area contributed by atoms with Gasteiger partial charge in [-0.1, -0.05) is 26.2 Å². The molecule has 1 aliphatic rings. The highest BCUT2D eigenvalue weighted by Gasteiger charge is 2.23. The van der Waals surface area contributed by atoms with Crippen LogP contribution in [-0.4, -0.2) is 19.7 Å². The molecule has 0 saturated heterocycles. The number of thiazole rings is 1. The molecule has 0 radical (unpaired) electrons. The third kappa shape index (κ3) is 2.46. The monoisotopic (exact) mass is 308 g/mol. The average Bonchev–Trinajstić information content (AvgIpc) is 3.05. The van der Waals surface area contributed by atoms with Crippen molar-refractivity contribution in [2.45, 2.75) is 51.4 Å². The lowest BCUT2D eigenvalue weighted by atomic mass is 9.90. The van der Waals surface area contributed by atoms with Crippen molar-refractivity contribution in [3.8, 4) is 10.7 Å². The fourth-order valence-electron chi connectivity index (χ4n) is 2.86. The first-order chi connectivity index (χ1) is 9.70. The first-order valence-corrected chi connectivity index (χ1v) is 8.54. The molecule has 1 saturated carbocycles. The number of hydrogen-bond acceptors (Lipinski definition) is 4. The fraction of sp³-hybridized carbons (Fsp3) is 0.643. The van der Waals surface area contributed by atoms with Gasteiger partial charge >= 0.3 is 0 Å². The van der Waals surface area contributed by atoms with Gasteiger partial charge in [-0.3, -0.25) is 5.10 Å². The lowest BCUT2D eigenvalue weighted by Gasteiger charge is -2.18. The van der Waals surface area contributed by atoms with Crippen LogP contribution in [0.3, 0.4) is 0 Å². The summed E-state index contributed by atoms with van der Waals surface area (Å²) in [5.41, 5.74) is 1.16. The Labute approximate surface area is 128 Å². The van der Waals surface area contributed by atoms with E-state index in [1.165, 1.54) is 42.0 Å². The number of H-pyrrole nitrogens is 1. The van der Waals surface area contributed by atoms with Gasteiger partial charge in [-0.25, -0.2) is 4.98 Å². The van der Waals surface area contributed by atoms with Gasteiger partial charge in [0.15, 0.2) is 10.6 Å². The van der Waals surface area contributed by atoms with Crippen LogP contribution in [0.1, 0.15) is 55.6 Å². The Morgan fingerprint density at radius 3 is 2.70 bits per heavy atom. The van der Waals surface area contributed by atoms with Gasteiger partial charge < -0.3 is 4.57 Å². The third-order valence-corrected chi connectivity index (χ3v) is 5.71. The van der Waals surface area contributed by atoms with Gasteiger partial charge in [0.25, 0.3) is 0 Å². The van der Waals surface area contributed by atoms with Crippen molar-refractivity contribution in [3.05, 3.63) is 15.5 Å². The highest BCUT2D eigenvalue weighted by Crippen LogP contribution is 2.38. The Balaban J connectivity index is 2.00. The van der Waals surface area contributed by atoms with Crippen LogP contribution in [0.15, 0.2) is 0 Å². The maximum atomic E-state index is 5.21. The number of rotatable bonds is 3. The number of nitrogens with zero attached hydrogens (tertiary/aromatic N) is 3. The highest BCUT2D eigenvalue weighted by molar-refractivity contribution is 7.71. The summed E-state index contributed by atoms with van der Waals surface area (Å²) in [7, 11) is 1.96. The second-order valence-corrected chi connectivity index (χ2v) is 6.85. The maximum absolute atomic E-state index is 5.21. The predicted octanol–water partition coefficient (Wildman–Crippen LogP) is 4.21. The second kappa shape index (κ2) is 5.77. The number of nitrogens with one attached hydrogen (secondary N) is 1. The summed E-state index contributed by atoms with van der Waals surface area (Å²) >= 11 is 7.03. The molecule has 108 valence electrons. The number of aromatic amines is 1. The summed E-state index contributed by atoms with van der Waals surface area (Å²) in [6, 6.07) is 0. The molecule has 3 rings (SSSR count). The number of hydrogen-bond donors (Lipinski definition) is 1. The molecule has 2 heterocycles. The molecule has 20 heavy (non-hydrogen) atoms. The summed E-state index contributed by atoms with van der Waals surface area (Å²) in [6.07, 6.45) is 7.58. The quantitative estimate of drug-likeness (QED) is 0.864. The lowest BCUT2D eigenvalue weighted by molar-refractivity contribution is 0.442. The molecule has 6 heteroatoms. The zero-order chi connectivity index (χ0) is 14.1. The Hall–Kier alpha value is -1.01. The van der Waals surface area contributed by atoms with E-state index in [0.29, 0.717) is 10.7 Å². The predicted molar refractivity (Wildman–Crippen MR) is 84.7 cm³/mol. The minimum Gasteiger partial charge on any atom is -0.303 e. The Bertz CT molecular complexity index is 646. The van der Waals surface area contributed by atoms with E-state index in [0.717, 1.165) is 17.9 Å². The van der Waals surface area contributed by atoms with Crippen molar-refractivity contribution in [2.75, 3.05) is 0 Å². The third-order valence-electron chi connectivity index (χ3n) is 4.09. The zero-order valence-corrected chi connectivity index (χ0v) is 13.6. The van der Waals surface area contributed by atoms with Crippen LogP contribution in [0.2, 0.25) is 0 Å². The minimum absolute atomic E-state index is 0.653. The van der Waals surface area contributed by atoms with E-state index in [2.05, 4.69) is 17.1 Å². The van der Waals surface area contributed by atoms with Crippen LogP contribution in [-0.2, 0) is 13.5 Å². The average molecular weight is 308 g/mol. The molecular weight excluding hydrogens is 288 g/mol. The molecule has 2 aromatic rings. The Morgan fingerprint density at radius 1 is 1.35 bits per heavy atom. The number of aryl methyl sites for hydroxylation is 1. The highest BCUT2D eigenvalue weighted by atomic mass is 32.1. The summed E-state index contributed by atoms with van der Waals surface area (Å²) in [5, 5.41) is 8.54.